The highest BCUT2D eigenvalue weighted by atomic mass is 32.2. The fraction of sp³-hybridized carbons (Fsp3) is 0.188. The maximum absolute atomic E-state index is 12.1. The third-order valence-electron chi connectivity index (χ3n) is 3.22. The molecule has 0 aliphatic heterocycles. The number of hydrogen-bond acceptors (Lipinski definition) is 6. The quantitative estimate of drug-likeness (QED) is 0.549. The standard InChI is InChI=1S/C16H15N3O2S2/c1-21-13-5-3-2-4-11(13)8-17-14(20)9-23-16-15-12(6-7-22-15)18-10-19-16/h2-7,10H,8-9H2,1H3,(H,17,20). The fourth-order valence-corrected chi connectivity index (χ4v) is 3.87. The molecular weight excluding hydrogens is 330 g/mol. The highest BCUT2D eigenvalue weighted by Gasteiger charge is 2.09. The van der Waals surface area contributed by atoms with Crippen LogP contribution in [0.25, 0.3) is 10.2 Å². The van der Waals surface area contributed by atoms with E-state index in [4.69, 9.17) is 4.74 Å². The molecule has 1 aromatic carbocycles. The van der Waals surface area contributed by atoms with Crippen molar-refractivity contribution in [2.45, 2.75) is 11.6 Å². The van der Waals surface area contributed by atoms with Crippen molar-refractivity contribution in [2.75, 3.05) is 12.9 Å². The summed E-state index contributed by atoms with van der Waals surface area (Å²) in [6, 6.07) is 9.60. The molecule has 0 saturated carbocycles. The van der Waals surface area contributed by atoms with Crippen molar-refractivity contribution in [3.05, 3.63) is 47.6 Å². The van der Waals surface area contributed by atoms with Crippen molar-refractivity contribution in [3.63, 3.8) is 0 Å². The Labute approximate surface area is 142 Å². The van der Waals surface area contributed by atoms with Gasteiger partial charge in [0.1, 0.15) is 17.1 Å². The minimum atomic E-state index is -0.0378. The second-order valence-electron chi connectivity index (χ2n) is 4.69. The van der Waals surface area contributed by atoms with Gasteiger partial charge in [-0.25, -0.2) is 9.97 Å². The SMILES string of the molecule is COc1ccccc1CNC(=O)CSc1ncnc2ccsc12. The number of nitrogens with zero attached hydrogens (tertiary/aromatic N) is 2. The molecule has 0 aliphatic carbocycles. The molecule has 1 amide bonds. The molecular formula is C16H15N3O2S2. The number of thiophene rings is 1. The predicted octanol–water partition coefficient (Wildman–Crippen LogP) is 3.11. The number of para-hydroxylation sites is 1. The molecule has 0 fully saturated rings. The van der Waals surface area contributed by atoms with Crippen LogP contribution in [0.15, 0.2) is 47.1 Å². The molecule has 3 aromatic rings. The Kier molecular flexibility index (Phi) is 5.09. The summed E-state index contributed by atoms with van der Waals surface area (Å²) in [5.74, 6) is 1.06. The minimum Gasteiger partial charge on any atom is -0.496 e. The van der Waals surface area contributed by atoms with Gasteiger partial charge in [-0.3, -0.25) is 4.79 Å². The Balaban J connectivity index is 1.57. The van der Waals surface area contributed by atoms with E-state index in [1.807, 2.05) is 35.7 Å². The van der Waals surface area contributed by atoms with Crippen LogP contribution in [0.1, 0.15) is 5.56 Å². The monoisotopic (exact) mass is 345 g/mol. The fourth-order valence-electron chi connectivity index (χ4n) is 2.10. The molecule has 3 rings (SSSR count). The molecule has 0 atom stereocenters. The third-order valence-corrected chi connectivity index (χ3v) is 5.25. The number of carbonyl (C=O) groups excluding carboxylic acids is 1. The van der Waals surface area contributed by atoms with Gasteiger partial charge in [0.25, 0.3) is 0 Å². The zero-order valence-corrected chi connectivity index (χ0v) is 14.1. The number of benzene rings is 1. The Bertz CT molecular complexity index is 820. The first kappa shape index (κ1) is 15.8. The summed E-state index contributed by atoms with van der Waals surface area (Å²) in [5, 5.41) is 5.73. The van der Waals surface area contributed by atoms with Crippen LogP contribution < -0.4 is 10.1 Å². The van der Waals surface area contributed by atoms with Gasteiger partial charge in [-0.05, 0) is 17.5 Å². The van der Waals surface area contributed by atoms with Gasteiger partial charge in [0.05, 0.1) is 23.1 Å². The molecule has 118 valence electrons. The van der Waals surface area contributed by atoms with Gasteiger partial charge in [-0.2, -0.15) is 0 Å². The van der Waals surface area contributed by atoms with Gasteiger partial charge in [0.15, 0.2) is 0 Å². The molecule has 0 aliphatic rings. The van der Waals surface area contributed by atoms with Crippen molar-refractivity contribution < 1.29 is 9.53 Å². The molecule has 0 saturated heterocycles. The lowest BCUT2D eigenvalue weighted by Crippen LogP contribution is -2.24. The van der Waals surface area contributed by atoms with E-state index in [0.29, 0.717) is 12.3 Å². The van der Waals surface area contributed by atoms with Crippen molar-refractivity contribution in [1.29, 1.82) is 0 Å². The van der Waals surface area contributed by atoms with E-state index >= 15 is 0 Å². The van der Waals surface area contributed by atoms with Crippen molar-refractivity contribution >= 4 is 39.2 Å². The molecule has 1 N–H and O–H groups in total. The molecule has 0 spiro atoms. The van der Waals surface area contributed by atoms with E-state index in [0.717, 1.165) is 26.6 Å². The summed E-state index contributed by atoms with van der Waals surface area (Å²) in [4.78, 5) is 20.5. The number of amides is 1. The van der Waals surface area contributed by atoms with Crippen LogP contribution in [0.3, 0.4) is 0 Å². The van der Waals surface area contributed by atoms with E-state index in [2.05, 4.69) is 15.3 Å². The van der Waals surface area contributed by atoms with E-state index < -0.39 is 0 Å². The number of methoxy groups -OCH3 is 1. The van der Waals surface area contributed by atoms with E-state index in [1.165, 1.54) is 18.1 Å². The van der Waals surface area contributed by atoms with Crippen LogP contribution in [-0.2, 0) is 11.3 Å². The number of ether oxygens (including phenoxy) is 1. The lowest BCUT2D eigenvalue weighted by atomic mass is 10.2. The predicted molar refractivity (Wildman–Crippen MR) is 93.0 cm³/mol. The van der Waals surface area contributed by atoms with Crippen LogP contribution in [0.5, 0.6) is 5.75 Å². The maximum Gasteiger partial charge on any atom is 0.230 e. The average molecular weight is 345 g/mol. The Morgan fingerprint density at radius 2 is 2.17 bits per heavy atom. The van der Waals surface area contributed by atoms with Crippen molar-refractivity contribution in [3.8, 4) is 5.75 Å². The molecule has 2 heterocycles. The number of nitrogens with one attached hydrogen (secondary N) is 1. The highest BCUT2D eigenvalue weighted by molar-refractivity contribution is 8.00. The summed E-state index contributed by atoms with van der Waals surface area (Å²) in [6.45, 7) is 0.446. The molecule has 2 aromatic heterocycles. The topological polar surface area (TPSA) is 64.1 Å². The molecule has 0 unspecified atom stereocenters. The first-order valence-electron chi connectivity index (χ1n) is 6.97. The molecule has 0 radical (unpaired) electrons. The molecule has 23 heavy (non-hydrogen) atoms. The van der Waals surface area contributed by atoms with Gasteiger partial charge in [0.2, 0.25) is 5.91 Å². The van der Waals surface area contributed by atoms with Crippen LogP contribution in [0, 0.1) is 0 Å². The lowest BCUT2D eigenvalue weighted by Gasteiger charge is -2.09. The van der Waals surface area contributed by atoms with Gasteiger partial charge in [-0.15, -0.1) is 11.3 Å². The number of aromatic nitrogens is 2. The molecule has 0 bridgehead atoms. The number of rotatable bonds is 6. The van der Waals surface area contributed by atoms with E-state index in [9.17, 15) is 4.79 Å². The second-order valence-corrected chi connectivity index (χ2v) is 6.57. The summed E-state index contributed by atoms with van der Waals surface area (Å²) in [7, 11) is 1.62. The van der Waals surface area contributed by atoms with Gasteiger partial charge in [0, 0.05) is 12.1 Å². The number of thioether (sulfide) groups is 1. The Morgan fingerprint density at radius 3 is 3.04 bits per heavy atom. The largest absolute Gasteiger partial charge is 0.496 e. The maximum atomic E-state index is 12.1. The van der Waals surface area contributed by atoms with Crippen molar-refractivity contribution in [2.24, 2.45) is 0 Å². The number of fused-ring (bicyclic) bond motifs is 1. The van der Waals surface area contributed by atoms with Gasteiger partial charge >= 0.3 is 0 Å². The van der Waals surface area contributed by atoms with E-state index in [-0.39, 0.29) is 5.91 Å². The highest BCUT2D eigenvalue weighted by Crippen LogP contribution is 2.28. The second kappa shape index (κ2) is 7.43. The first-order chi connectivity index (χ1) is 11.3. The molecule has 5 nitrogen and oxygen atoms in total. The summed E-state index contributed by atoms with van der Waals surface area (Å²) in [6.07, 6.45) is 1.53. The smallest absolute Gasteiger partial charge is 0.230 e. The normalized spacial score (nSPS) is 10.7. The number of carbonyl (C=O) groups is 1. The van der Waals surface area contributed by atoms with Crippen LogP contribution >= 0.6 is 23.1 Å². The van der Waals surface area contributed by atoms with Gasteiger partial charge < -0.3 is 10.1 Å². The Morgan fingerprint density at radius 1 is 1.30 bits per heavy atom. The zero-order chi connectivity index (χ0) is 16.1. The average Bonchev–Trinajstić information content (AvgIpc) is 3.07. The summed E-state index contributed by atoms with van der Waals surface area (Å²) >= 11 is 3.01. The first-order valence-corrected chi connectivity index (χ1v) is 8.84. The summed E-state index contributed by atoms with van der Waals surface area (Å²) < 4.78 is 6.30. The Hall–Kier alpha value is -2.12. The summed E-state index contributed by atoms with van der Waals surface area (Å²) in [5.41, 5.74) is 1.87. The minimum absolute atomic E-state index is 0.0378. The lowest BCUT2D eigenvalue weighted by molar-refractivity contribution is -0.118. The molecule has 7 heteroatoms. The zero-order valence-electron chi connectivity index (χ0n) is 12.5. The van der Waals surface area contributed by atoms with Crippen LogP contribution in [0.4, 0.5) is 0 Å². The third kappa shape index (κ3) is 3.80. The van der Waals surface area contributed by atoms with Crippen molar-refractivity contribution in [1.82, 2.24) is 15.3 Å². The van der Waals surface area contributed by atoms with E-state index in [1.54, 1.807) is 18.4 Å². The van der Waals surface area contributed by atoms with Crippen LogP contribution in [0.2, 0.25) is 0 Å². The van der Waals surface area contributed by atoms with Crippen LogP contribution in [-0.4, -0.2) is 28.7 Å². The van der Waals surface area contributed by atoms with Gasteiger partial charge in [-0.1, -0.05) is 30.0 Å². The number of hydrogen-bond donors (Lipinski definition) is 1.